The topological polar surface area (TPSA) is 58.6 Å². The van der Waals surface area contributed by atoms with Crippen molar-refractivity contribution in [2.24, 2.45) is 5.92 Å². The van der Waals surface area contributed by atoms with Gasteiger partial charge in [-0.1, -0.05) is 48.5 Å². The highest BCUT2D eigenvalue weighted by atomic mass is 16.5. The van der Waals surface area contributed by atoms with Gasteiger partial charge in [0, 0.05) is 11.3 Å². The summed E-state index contributed by atoms with van der Waals surface area (Å²) in [6.45, 7) is 0.473. The summed E-state index contributed by atoms with van der Waals surface area (Å²) in [5.41, 5.74) is 1.65. The van der Waals surface area contributed by atoms with Crippen molar-refractivity contribution in [2.75, 3.05) is 11.9 Å². The number of nitrogens with zero attached hydrogens (tertiary/aromatic N) is 1. The van der Waals surface area contributed by atoms with Crippen LogP contribution in [0.4, 0.5) is 5.69 Å². The Kier molecular flexibility index (Phi) is 3.78. The van der Waals surface area contributed by atoms with Gasteiger partial charge >= 0.3 is 0 Å². The average Bonchev–Trinajstić information content (AvgIpc) is 3.17. The number of anilines is 1. The zero-order valence-corrected chi connectivity index (χ0v) is 13.1. The first-order valence-corrected chi connectivity index (χ1v) is 8.08. The number of hydrogen-bond acceptors (Lipinski definition) is 3. The second kappa shape index (κ2) is 6.09. The van der Waals surface area contributed by atoms with Crippen LogP contribution in [-0.2, 0) is 14.3 Å². The summed E-state index contributed by atoms with van der Waals surface area (Å²) in [6, 6.07) is 18.8. The van der Waals surface area contributed by atoms with Gasteiger partial charge < -0.3 is 15.0 Å². The highest BCUT2D eigenvalue weighted by Crippen LogP contribution is 2.39. The van der Waals surface area contributed by atoms with Crippen LogP contribution in [0.2, 0.25) is 0 Å². The van der Waals surface area contributed by atoms with Crippen LogP contribution >= 0.6 is 0 Å². The second-order valence-electron chi connectivity index (χ2n) is 6.14. The first kappa shape index (κ1) is 14.9. The number of nitrogens with one attached hydrogen (secondary N) is 1. The Hall–Kier alpha value is -2.66. The first-order chi connectivity index (χ1) is 11.7. The minimum atomic E-state index is -0.648. The Morgan fingerprint density at radius 1 is 1.04 bits per heavy atom. The lowest BCUT2D eigenvalue weighted by atomic mass is 10.0. The molecule has 0 spiro atoms. The fraction of sp³-hybridized carbons (Fsp3) is 0.263. The minimum Gasteiger partial charge on any atom is -0.352 e. The Morgan fingerprint density at radius 3 is 2.42 bits per heavy atom. The van der Waals surface area contributed by atoms with Gasteiger partial charge in [0.05, 0.1) is 12.6 Å². The fourth-order valence-electron chi connectivity index (χ4n) is 3.43. The molecule has 4 rings (SSSR count). The molecule has 2 aromatic rings. The molecule has 1 unspecified atom stereocenters. The van der Waals surface area contributed by atoms with Gasteiger partial charge in [0.1, 0.15) is 5.92 Å². The van der Waals surface area contributed by atoms with Crippen molar-refractivity contribution in [1.29, 1.82) is 0 Å². The number of para-hydroxylation sites is 1. The predicted molar refractivity (Wildman–Crippen MR) is 88.9 cm³/mol. The number of fused-ring (bicyclic) bond motifs is 1. The van der Waals surface area contributed by atoms with Crippen LogP contribution in [0, 0.1) is 5.92 Å². The lowest BCUT2D eigenvalue weighted by Crippen LogP contribution is -2.35. The fourth-order valence-corrected chi connectivity index (χ4v) is 3.43. The average molecular weight is 322 g/mol. The minimum absolute atomic E-state index is 0.0331. The van der Waals surface area contributed by atoms with Gasteiger partial charge in [0.2, 0.25) is 11.8 Å². The van der Waals surface area contributed by atoms with Crippen molar-refractivity contribution < 1.29 is 14.3 Å². The van der Waals surface area contributed by atoms with Gasteiger partial charge in [-0.3, -0.25) is 9.59 Å². The van der Waals surface area contributed by atoms with E-state index in [1.54, 1.807) is 4.90 Å². The van der Waals surface area contributed by atoms with Crippen LogP contribution in [0.5, 0.6) is 0 Å². The maximum Gasteiger partial charge on any atom is 0.237 e. The molecule has 24 heavy (non-hydrogen) atoms. The molecular weight excluding hydrogens is 304 g/mol. The van der Waals surface area contributed by atoms with Crippen molar-refractivity contribution in [1.82, 2.24) is 4.90 Å². The quantitative estimate of drug-likeness (QED) is 0.884. The molecule has 2 amide bonds. The maximum absolute atomic E-state index is 12.8. The molecule has 3 atom stereocenters. The van der Waals surface area contributed by atoms with Crippen LogP contribution in [0.15, 0.2) is 60.7 Å². The van der Waals surface area contributed by atoms with E-state index in [9.17, 15) is 9.59 Å². The van der Waals surface area contributed by atoms with Crippen LogP contribution in [0.25, 0.3) is 0 Å². The molecule has 2 heterocycles. The molecule has 2 saturated heterocycles. The molecule has 2 aliphatic heterocycles. The molecule has 2 aromatic carbocycles. The molecule has 0 radical (unpaired) electrons. The number of amides is 2. The zero-order valence-electron chi connectivity index (χ0n) is 13.1. The van der Waals surface area contributed by atoms with Crippen molar-refractivity contribution in [3.63, 3.8) is 0 Å². The lowest BCUT2D eigenvalue weighted by molar-refractivity contribution is -0.140. The molecule has 5 nitrogen and oxygen atoms in total. The Bertz CT molecular complexity index is 748. The van der Waals surface area contributed by atoms with E-state index < -0.39 is 12.1 Å². The zero-order chi connectivity index (χ0) is 16.5. The smallest absolute Gasteiger partial charge is 0.237 e. The van der Waals surface area contributed by atoms with Gasteiger partial charge in [-0.15, -0.1) is 0 Å². The molecule has 0 aromatic heterocycles. The summed E-state index contributed by atoms with van der Waals surface area (Å²) in [6.07, 6.45) is 0.110. The van der Waals surface area contributed by atoms with Gasteiger partial charge in [-0.05, 0) is 18.6 Å². The summed E-state index contributed by atoms with van der Waals surface area (Å²) in [7, 11) is 0. The SMILES string of the molecule is O=C(Nc1ccccc1)C1C[C@H]2CO[C@H](c3ccccc3)N2C1=O. The van der Waals surface area contributed by atoms with E-state index in [-0.39, 0.29) is 17.9 Å². The summed E-state index contributed by atoms with van der Waals surface area (Å²) >= 11 is 0. The van der Waals surface area contributed by atoms with Crippen molar-refractivity contribution in [3.8, 4) is 0 Å². The van der Waals surface area contributed by atoms with E-state index in [0.717, 1.165) is 5.56 Å². The normalized spacial score (nSPS) is 25.6. The summed E-state index contributed by atoms with van der Waals surface area (Å²) in [5, 5.41) is 2.83. The van der Waals surface area contributed by atoms with Crippen molar-refractivity contribution >= 4 is 17.5 Å². The van der Waals surface area contributed by atoms with Gasteiger partial charge in [0.25, 0.3) is 0 Å². The third-order valence-corrected chi connectivity index (χ3v) is 4.60. The van der Waals surface area contributed by atoms with E-state index in [1.807, 2.05) is 60.7 Å². The monoisotopic (exact) mass is 322 g/mol. The number of carbonyl (C=O) groups excluding carboxylic acids is 2. The molecule has 2 aliphatic rings. The number of rotatable bonds is 3. The van der Waals surface area contributed by atoms with Crippen LogP contribution < -0.4 is 5.32 Å². The van der Waals surface area contributed by atoms with Crippen LogP contribution in [0.3, 0.4) is 0 Å². The standard InChI is InChI=1S/C19H18N2O3/c22-17(20-14-9-5-2-6-10-14)16-11-15-12-24-19(21(15)18(16)23)13-7-3-1-4-8-13/h1-10,15-16,19H,11-12H2,(H,20,22)/t15-,16?,19+/m0/s1. The highest BCUT2D eigenvalue weighted by Gasteiger charge is 2.50. The molecular formula is C19H18N2O3. The van der Waals surface area contributed by atoms with E-state index in [4.69, 9.17) is 4.74 Å². The van der Waals surface area contributed by atoms with E-state index in [0.29, 0.717) is 18.7 Å². The van der Waals surface area contributed by atoms with Crippen molar-refractivity contribution in [3.05, 3.63) is 66.2 Å². The Morgan fingerprint density at radius 2 is 1.71 bits per heavy atom. The third kappa shape index (κ3) is 2.57. The van der Waals surface area contributed by atoms with Crippen LogP contribution in [0.1, 0.15) is 18.2 Å². The molecule has 1 N–H and O–H groups in total. The Balaban J connectivity index is 1.51. The van der Waals surface area contributed by atoms with E-state index in [2.05, 4.69) is 5.32 Å². The summed E-state index contributed by atoms with van der Waals surface area (Å²) in [4.78, 5) is 27.0. The van der Waals surface area contributed by atoms with E-state index in [1.165, 1.54) is 0 Å². The lowest BCUT2D eigenvalue weighted by Gasteiger charge is -2.23. The maximum atomic E-state index is 12.8. The number of benzene rings is 2. The summed E-state index contributed by atoms with van der Waals surface area (Å²) < 4.78 is 5.80. The van der Waals surface area contributed by atoms with Gasteiger partial charge in [-0.25, -0.2) is 0 Å². The summed E-state index contributed by atoms with van der Waals surface area (Å²) in [5.74, 6) is -1.04. The number of carbonyl (C=O) groups is 2. The number of ether oxygens (including phenoxy) is 1. The van der Waals surface area contributed by atoms with Crippen molar-refractivity contribution in [2.45, 2.75) is 18.7 Å². The molecule has 5 heteroatoms. The van der Waals surface area contributed by atoms with Gasteiger partial charge in [0.15, 0.2) is 6.23 Å². The molecule has 0 saturated carbocycles. The predicted octanol–water partition coefficient (Wildman–Crippen LogP) is 2.57. The third-order valence-electron chi connectivity index (χ3n) is 4.60. The molecule has 122 valence electrons. The van der Waals surface area contributed by atoms with Crippen LogP contribution in [-0.4, -0.2) is 29.4 Å². The molecule has 0 bridgehead atoms. The van der Waals surface area contributed by atoms with E-state index >= 15 is 0 Å². The highest BCUT2D eigenvalue weighted by molar-refractivity contribution is 6.07. The number of hydrogen-bond donors (Lipinski definition) is 1. The largest absolute Gasteiger partial charge is 0.352 e. The Labute approximate surface area is 140 Å². The van der Waals surface area contributed by atoms with Gasteiger partial charge in [-0.2, -0.15) is 0 Å². The molecule has 2 fully saturated rings. The second-order valence-corrected chi connectivity index (χ2v) is 6.14. The first-order valence-electron chi connectivity index (χ1n) is 8.08. The molecule has 0 aliphatic carbocycles.